The van der Waals surface area contributed by atoms with Gasteiger partial charge in [-0.25, -0.2) is 4.68 Å². The number of carbonyl (C=O) groups excluding carboxylic acids is 1. The lowest BCUT2D eigenvalue weighted by atomic mass is 10.1. The molecule has 0 saturated carbocycles. The Bertz CT molecular complexity index is 985. The Morgan fingerprint density at radius 3 is 2.62 bits per heavy atom. The minimum atomic E-state index is -0.107. The first-order chi connectivity index (χ1) is 14.0. The standard InChI is InChI=1S/C21H25N5O2S/c1-4-15-8-6-7-14(3)19(15)23-18(27)13-29-21-25-24-20(26(21)22)16-9-11-17(12-10-16)28-5-2/h6-12H,4-5,13,22H2,1-3H3,(H,23,27). The summed E-state index contributed by atoms with van der Waals surface area (Å²) in [4.78, 5) is 12.4. The number of para-hydroxylation sites is 1. The van der Waals surface area contributed by atoms with Crippen molar-refractivity contribution in [2.75, 3.05) is 23.5 Å². The van der Waals surface area contributed by atoms with Gasteiger partial charge in [0.15, 0.2) is 5.82 Å². The first kappa shape index (κ1) is 20.7. The molecule has 0 bridgehead atoms. The van der Waals surface area contributed by atoms with Crippen LogP contribution in [0.1, 0.15) is 25.0 Å². The van der Waals surface area contributed by atoms with Gasteiger partial charge in [0.05, 0.1) is 12.4 Å². The summed E-state index contributed by atoms with van der Waals surface area (Å²) in [5.41, 5.74) is 3.86. The molecule has 0 saturated heterocycles. The third-order valence-corrected chi connectivity index (χ3v) is 5.37. The Morgan fingerprint density at radius 2 is 1.93 bits per heavy atom. The summed E-state index contributed by atoms with van der Waals surface area (Å²) in [7, 11) is 0. The third kappa shape index (κ3) is 4.89. The maximum Gasteiger partial charge on any atom is 0.234 e. The Balaban J connectivity index is 1.65. The van der Waals surface area contributed by atoms with E-state index in [4.69, 9.17) is 10.6 Å². The highest BCUT2D eigenvalue weighted by molar-refractivity contribution is 7.99. The van der Waals surface area contributed by atoms with E-state index in [2.05, 4.69) is 22.4 Å². The van der Waals surface area contributed by atoms with E-state index in [-0.39, 0.29) is 11.7 Å². The van der Waals surface area contributed by atoms with Gasteiger partial charge in [0.1, 0.15) is 5.75 Å². The number of benzene rings is 2. The van der Waals surface area contributed by atoms with Gasteiger partial charge in [-0.1, -0.05) is 36.9 Å². The van der Waals surface area contributed by atoms with Crippen LogP contribution in [-0.4, -0.2) is 33.1 Å². The first-order valence-corrected chi connectivity index (χ1v) is 10.5. The van der Waals surface area contributed by atoms with E-state index in [1.165, 1.54) is 16.4 Å². The molecule has 0 aliphatic carbocycles. The molecule has 0 radical (unpaired) electrons. The number of aromatic nitrogens is 3. The average Bonchev–Trinajstić information content (AvgIpc) is 3.09. The zero-order valence-corrected chi connectivity index (χ0v) is 17.6. The van der Waals surface area contributed by atoms with Crippen LogP contribution in [0.4, 0.5) is 5.69 Å². The molecule has 0 aliphatic rings. The number of nitrogens with one attached hydrogen (secondary N) is 1. The van der Waals surface area contributed by atoms with Crippen LogP contribution < -0.4 is 15.9 Å². The Hall–Kier alpha value is -3.00. The number of carbonyl (C=O) groups is 1. The predicted molar refractivity (Wildman–Crippen MR) is 117 cm³/mol. The molecular weight excluding hydrogens is 386 g/mol. The average molecular weight is 412 g/mol. The van der Waals surface area contributed by atoms with Gasteiger partial charge >= 0.3 is 0 Å². The van der Waals surface area contributed by atoms with Gasteiger partial charge in [-0.05, 0) is 55.7 Å². The summed E-state index contributed by atoms with van der Waals surface area (Å²) in [6, 6.07) is 13.5. The summed E-state index contributed by atoms with van der Waals surface area (Å²) < 4.78 is 6.85. The van der Waals surface area contributed by atoms with Crippen molar-refractivity contribution in [3.05, 3.63) is 53.6 Å². The molecule has 8 heteroatoms. The summed E-state index contributed by atoms with van der Waals surface area (Å²) in [5.74, 6) is 7.55. The highest BCUT2D eigenvalue weighted by Gasteiger charge is 2.15. The minimum absolute atomic E-state index is 0.107. The van der Waals surface area contributed by atoms with Gasteiger partial charge in [0.25, 0.3) is 0 Å². The number of ether oxygens (including phenoxy) is 1. The molecule has 0 unspecified atom stereocenters. The molecule has 152 valence electrons. The molecule has 3 N–H and O–H groups in total. The number of thioether (sulfide) groups is 1. The minimum Gasteiger partial charge on any atom is -0.494 e. The highest BCUT2D eigenvalue weighted by atomic mass is 32.2. The zero-order chi connectivity index (χ0) is 20.8. The molecule has 7 nitrogen and oxygen atoms in total. The molecule has 3 rings (SSSR count). The monoisotopic (exact) mass is 411 g/mol. The fourth-order valence-corrected chi connectivity index (χ4v) is 3.60. The van der Waals surface area contributed by atoms with Crippen LogP contribution in [0.2, 0.25) is 0 Å². The van der Waals surface area contributed by atoms with Crippen LogP contribution in [0.5, 0.6) is 5.75 Å². The molecular formula is C21H25N5O2S. The van der Waals surface area contributed by atoms with Crippen LogP contribution in [0, 0.1) is 6.92 Å². The Labute approximate surface area is 174 Å². The van der Waals surface area contributed by atoms with Crippen molar-refractivity contribution in [3.8, 4) is 17.1 Å². The highest BCUT2D eigenvalue weighted by Crippen LogP contribution is 2.25. The molecule has 2 aromatic carbocycles. The molecule has 29 heavy (non-hydrogen) atoms. The van der Waals surface area contributed by atoms with Crippen LogP contribution >= 0.6 is 11.8 Å². The predicted octanol–water partition coefficient (Wildman–Crippen LogP) is 3.66. The molecule has 0 spiro atoms. The van der Waals surface area contributed by atoms with Gasteiger partial charge < -0.3 is 15.9 Å². The molecule has 3 aromatic rings. The topological polar surface area (TPSA) is 95.1 Å². The quantitative estimate of drug-likeness (QED) is 0.434. The number of nitrogen functional groups attached to an aromatic ring is 1. The van der Waals surface area contributed by atoms with Crippen molar-refractivity contribution >= 4 is 23.4 Å². The number of nitrogens with zero attached hydrogens (tertiary/aromatic N) is 3. The van der Waals surface area contributed by atoms with Gasteiger partial charge in [-0.3, -0.25) is 4.79 Å². The van der Waals surface area contributed by atoms with E-state index >= 15 is 0 Å². The number of rotatable bonds is 8. The number of hydrogen-bond donors (Lipinski definition) is 2. The molecule has 0 aliphatic heterocycles. The zero-order valence-electron chi connectivity index (χ0n) is 16.8. The van der Waals surface area contributed by atoms with E-state index in [1.54, 1.807) is 0 Å². The lowest BCUT2D eigenvalue weighted by molar-refractivity contribution is -0.113. The SMILES string of the molecule is CCOc1ccc(-c2nnc(SCC(=O)Nc3c(C)cccc3CC)n2N)cc1. The summed E-state index contributed by atoms with van der Waals surface area (Å²) in [6.45, 7) is 6.60. The van der Waals surface area contributed by atoms with E-state index in [0.717, 1.165) is 34.5 Å². The van der Waals surface area contributed by atoms with Crippen molar-refractivity contribution in [2.45, 2.75) is 32.3 Å². The second kappa shape index (κ2) is 9.47. The smallest absolute Gasteiger partial charge is 0.234 e. The van der Waals surface area contributed by atoms with E-state index in [9.17, 15) is 4.79 Å². The van der Waals surface area contributed by atoms with Gasteiger partial charge in [-0.2, -0.15) is 0 Å². The molecule has 0 atom stereocenters. The van der Waals surface area contributed by atoms with E-state index in [1.807, 2.05) is 56.3 Å². The summed E-state index contributed by atoms with van der Waals surface area (Å²) >= 11 is 1.25. The molecule has 0 fully saturated rings. The first-order valence-electron chi connectivity index (χ1n) is 9.48. The van der Waals surface area contributed by atoms with Crippen LogP contribution in [-0.2, 0) is 11.2 Å². The van der Waals surface area contributed by atoms with Gasteiger partial charge in [-0.15, -0.1) is 10.2 Å². The molecule has 1 aromatic heterocycles. The van der Waals surface area contributed by atoms with E-state index in [0.29, 0.717) is 17.6 Å². The van der Waals surface area contributed by atoms with Gasteiger partial charge in [0, 0.05) is 11.3 Å². The van der Waals surface area contributed by atoms with Crippen molar-refractivity contribution in [3.63, 3.8) is 0 Å². The Kier molecular flexibility index (Phi) is 6.77. The number of hydrogen-bond acceptors (Lipinski definition) is 6. The maximum atomic E-state index is 12.4. The number of nitrogens with two attached hydrogens (primary N) is 1. The van der Waals surface area contributed by atoms with Crippen molar-refractivity contribution < 1.29 is 9.53 Å². The second-order valence-corrected chi connectivity index (χ2v) is 7.38. The number of aryl methyl sites for hydroxylation is 2. The van der Waals surface area contributed by atoms with Crippen LogP contribution in [0.15, 0.2) is 47.6 Å². The summed E-state index contributed by atoms with van der Waals surface area (Å²) in [6.07, 6.45) is 0.854. The van der Waals surface area contributed by atoms with Crippen molar-refractivity contribution in [1.29, 1.82) is 0 Å². The molecule has 1 amide bonds. The second-order valence-electron chi connectivity index (χ2n) is 6.43. The lowest BCUT2D eigenvalue weighted by Crippen LogP contribution is -2.17. The molecule has 1 heterocycles. The normalized spacial score (nSPS) is 10.7. The number of anilines is 1. The Morgan fingerprint density at radius 1 is 1.17 bits per heavy atom. The van der Waals surface area contributed by atoms with Crippen molar-refractivity contribution in [2.24, 2.45) is 0 Å². The lowest BCUT2D eigenvalue weighted by Gasteiger charge is -2.12. The fraction of sp³-hybridized carbons (Fsp3) is 0.286. The van der Waals surface area contributed by atoms with Crippen LogP contribution in [0.25, 0.3) is 11.4 Å². The van der Waals surface area contributed by atoms with Gasteiger partial charge in [0.2, 0.25) is 11.1 Å². The number of amides is 1. The third-order valence-electron chi connectivity index (χ3n) is 4.42. The largest absolute Gasteiger partial charge is 0.494 e. The summed E-state index contributed by atoms with van der Waals surface area (Å²) in [5, 5.41) is 11.8. The van der Waals surface area contributed by atoms with Crippen LogP contribution in [0.3, 0.4) is 0 Å². The van der Waals surface area contributed by atoms with Crippen molar-refractivity contribution in [1.82, 2.24) is 14.9 Å². The fourth-order valence-electron chi connectivity index (χ4n) is 2.95. The van der Waals surface area contributed by atoms with E-state index < -0.39 is 0 Å². The maximum absolute atomic E-state index is 12.4.